The molecule has 0 aliphatic rings. The minimum absolute atomic E-state index is 0.563. The Hall–Kier alpha value is -1.86. The molecular formula is C64H102O2S4. The monoisotopic (exact) mass is 1030 g/mol. The summed E-state index contributed by atoms with van der Waals surface area (Å²) in [5.41, 5.74) is 3.10. The maximum absolute atomic E-state index is 7.22. The van der Waals surface area contributed by atoms with E-state index in [9.17, 15) is 0 Å². The number of hydrogen-bond acceptors (Lipinski definition) is 6. The van der Waals surface area contributed by atoms with Crippen molar-refractivity contribution in [3.8, 4) is 31.0 Å². The highest BCUT2D eigenvalue weighted by Gasteiger charge is 2.25. The second-order valence-corrected chi connectivity index (χ2v) is 26.1. The van der Waals surface area contributed by atoms with Crippen LogP contribution >= 0.6 is 45.3 Å². The van der Waals surface area contributed by atoms with Crippen molar-refractivity contribution < 1.29 is 9.47 Å². The van der Waals surface area contributed by atoms with Gasteiger partial charge < -0.3 is 9.47 Å². The summed E-state index contributed by atoms with van der Waals surface area (Å²) in [6.07, 6.45) is 45.7. The van der Waals surface area contributed by atoms with Crippen LogP contribution in [0.2, 0.25) is 0 Å². The Morgan fingerprint density at radius 2 is 0.657 bits per heavy atom. The van der Waals surface area contributed by atoms with Crippen molar-refractivity contribution in [3.63, 3.8) is 0 Å². The quantitative estimate of drug-likeness (QED) is 0.0363. The Morgan fingerprint density at radius 3 is 0.971 bits per heavy atom. The molecule has 0 saturated heterocycles. The van der Waals surface area contributed by atoms with E-state index in [1.165, 1.54) is 255 Å². The Labute approximate surface area is 446 Å². The molecule has 6 heteroatoms. The summed E-state index contributed by atoms with van der Waals surface area (Å²) in [5.74, 6) is 3.32. The number of unbranched alkanes of at least 4 members (excludes halogenated alkanes) is 24. The van der Waals surface area contributed by atoms with E-state index in [4.69, 9.17) is 9.47 Å². The standard InChI is InChI=1S/C64H102O2S4/c1-9-15-19-21-23-25-27-29-31-33-35-37-41-53-43-57(67-49(53)7)59-45-55-61(65-47-51(13-5)39-17-11-3)64-56(62(63(55)69-59)66-48-52(14-6)40-18-12-4)46-60(70-64)58-44-54(50(8)68-58)42-38-36-34-32-30-28-26-24-22-20-16-10-2/h43-46,51-52H,9-42,47-48H2,1-8H3. The number of fused-ring (bicyclic) bond motifs is 2. The fourth-order valence-corrected chi connectivity index (χ4v) is 15.1. The molecule has 0 aliphatic carbocycles. The predicted molar refractivity (Wildman–Crippen MR) is 320 cm³/mol. The third kappa shape index (κ3) is 19.4. The van der Waals surface area contributed by atoms with E-state index in [1.807, 2.05) is 45.3 Å². The lowest BCUT2D eigenvalue weighted by Gasteiger charge is -2.19. The van der Waals surface area contributed by atoms with Gasteiger partial charge in [-0.1, -0.05) is 221 Å². The smallest absolute Gasteiger partial charge is 0.146 e. The van der Waals surface area contributed by atoms with Crippen LogP contribution in [0.25, 0.3) is 39.7 Å². The molecule has 0 N–H and O–H groups in total. The molecular weight excluding hydrogens is 929 g/mol. The van der Waals surface area contributed by atoms with Gasteiger partial charge in [0.25, 0.3) is 0 Å². The first kappa shape index (κ1) is 59.0. The van der Waals surface area contributed by atoms with Crippen LogP contribution < -0.4 is 9.47 Å². The molecule has 0 amide bonds. The third-order valence-corrected chi connectivity index (χ3v) is 20.4. The molecule has 5 aromatic rings. The minimum atomic E-state index is 0.563. The van der Waals surface area contributed by atoms with Gasteiger partial charge in [-0.15, -0.1) is 45.3 Å². The van der Waals surface area contributed by atoms with Crippen LogP contribution in [-0.4, -0.2) is 13.2 Å². The van der Waals surface area contributed by atoms with Crippen LogP contribution in [0, 0.1) is 25.7 Å². The van der Waals surface area contributed by atoms with E-state index in [0.717, 1.165) is 37.6 Å². The zero-order valence-corrected chi connectivity index (χ0v) is 49.6. The Bertz CT molecular complexity index is 1930. The number of rotatable bonds is 42. The van der Waals surface area contributed by atoms with Crippen molar-refractivity contribution in [2.45, 2.75) is 274 Å². The van der Waals surface area contributed by atoms with Crippen LogP contribution in [0.3, 0.4) is 0 Å². The van der Waals surface area contributed by atoms with Gasteiger partial charge in [0.05, 0.1) is 22.6 Å². The third-order valence-electron chi connectivity index (χ3n) is 15.5. The van der Waals surface area contributed by atoms with Crippen molar-refractivity contribution >= 4 is 65.5 Å². The van der Waals surface area contributed by atoms with Gasteiger partial charge in [-0.3, -0.25) is 0 Å². The average molecular weight is 1030 g/mol. The number of benzene rings is 1. The molecule has 0 aliphatic heterocycles. The number of ether oxygens (including phenoxy) is 2. The SMILES string of the molecule is CCCCCCCCCCCCCCc1cc(-c2cc3c(OCC(CC)CCCC)c4sc(-c5cc(CCCCCCCCCCCCCC)c(C)s5)cc4c(OCC(CC)CCCC)c3s2)sc1C. The molecule has 2 unspecified atom stereocenters. The summed E-state index contributed by atoms with van der Waals surface area (Å²) >= 11 is 7.90. The van der Waals surface area contributed by atoms with Gasteiger partial charge >= 0.3 is 0 Å². The molecule has 1 aromatic carbocycles. The molecule has 394 valence electrons. The van der Waals surface area contributed by atoms with Gasteiger partial charge in [0, 0.05) is 40.0 Å². The lowest BCUT2D eigenvalue weighted by Crippen LogP contribution is -2.12. The highest BCUT2D eigenvalue weighted by molar-refractivity contribution is 7.28. The lowest BCUT2D eigenvalue weighted by atomic mass is 10.0. The van der Waals surface area contributed by atoms with E-state index in [0.29, 0.717) is 11.8 Å². The van der Waals surface area contributed by atoms with E-state index in [2.05, 4.69) is 79.7 Å². The molecule has 2 nitrogen and oxygen atoms in total. The largest absolute Gasteiger partial charge is 0.491 e. The van der Waals surface area contributed by atoms with Gasteiger partial charge in [0.15, 0.2) is 0 Å². The molecule has 2 atom stereocenters. The molecule has 4 aromatic heterocycles. The zero-order valence-electron chi connectivity index (χ0n) is 46.4. The summed E-state index contributed by atoms with van der Waals surface area (Å²) in [6.45, 7) is 20.2. The molecule has 4 heterocycles. The maximum atomic E-state index is 7.22. The minimum Gasteiger partial charge on any atom is -0.491 e. The van der Waals surface area contributed by atoms with Crippen LogP contribution in [-0.2, 0) is 12.8 Å². The van der Waals surface area contributed by atoms with Gasteiger partial charge in [-0.2, -0.15) is 0 Å². The first-order valence-corrected chi connectivity index (χ1v) is 33.1. The normalized spacial score (nSPS) is 12.8. The molecule has 0 fully saturated rings. The van der Waals surface area contributed by atoms with Gasteiger partial charge in [-0.25, -0.2) is 0 Å². The highest BCUT2D eigenvalue weighted by atomic mass is 32.1. The fourth-order valence-electron chi connectivity index (χ4n) is 10.5. The van der Waals surface area contributed by atoms with Gasteiger partial charge in [-0.05, 0) is 99.6 Å². The summed E-state index contributed by atoms with van der Waals surface area (Å²) in [7, 11) is 0. The average Bonchev–Trinajstić information content (AvgIpc) is 4.18. The van der Waals surface area contributed by atoms with E-state index in [1.54, 1.807) is 11.1 Å². The van der Waals surface area contributed by atoms with Crippen LogP contribution in [0.15, 0.2) is 24.3 Å². The van der Waals surface area contributed by atoms with Crippen LogP contribution in [0.4, 0.5) is 0 Å². The topological polar surface area (TPSA) is 18.5 Å². The molecule has 0 radical (unpaired) electrons. The second kappa shape index (κ2) is 34.6. The van der Waals surface area contributed by atoms with Crippen LogP contribution in [0.1, 0.15) is 268 Å². The van der Waals surface area contributed by atoms with Crippen molar-refractivity contribution in [1.29, 1.82) is 0 Å². The van der Waals surface area contributed by atoms with Gasteiger partial charge in [0.2, 0.25) is 0 Å². The van der Waals surface area contributed by atoms with Crippen LogP contribution in [0.5, 0.6) is 11.5 Å². The maximum Gasteiger partial charge on any atom is 0.146 e. The second-order valence-electron chi connectivity index (χ2n) is 21.5. The summed E-state index contributed by atoms with van der Waals surface area (Å²) < 4.78 is 17.0. The first-order valence-electron chi connectivity index (χ1n) is 29.8. The molecule has 0 saturated carbocycles. The fraction of sp³-hybridized carbons (Fsp3) is 0.719. The summed E-state index contributed by atoms with van der Waals surface area (Å²) in [5, 5.41) is 2.51. The number of aryl methyl sites for hydroxylation is 4. The molecule has 0 bridgehead atoms. The molecule has 5 rings (SSSR count). The van der Waals surface area contributed by atoms with E-state index < -0.39 is 0 Å². The number of thiophene rings is 4. The Morgan fingerprint density at radius 1 is 0.357 bits per heavy atom. The van der Waals surface area contributed by atoms with Crippen molar-refractivity contribution in [3.05, 3.63) is 45.1 Å². The predicted octanol–water partition coefficient (Wildman–Crippen LogP) is 23.9. The Kier molecular flexibility index (Phi) is 29.2. The Balaban J connectivity index is 1.36. The summed E-state index contributed by atoms with van der Waals surface area (Å²) in [4.78, 5) is 8.52. The number of hydrogen-bond donors (Lipinski definition) is 0. The first-order chi connectivity index (χ1) is 34.3. The van der Waals surface area contributed by atoms with E-state index in [-0.39, 0.29) is 0 Å². The zero-order chi connectivity index (χ0) is 49.8. The lowest BCUT2D eigenvalue weighted by molar-refractivity contribution is 0.235. The van der Waals surface area contributed by atoms with Crippen molar-refractivity contribution in [1.82, 2.24) is 0 Å². The van der Waals surface area contributed by atoms with E-state index >= 15 is 0 Å². The van der Waals surface area contributed by atoms with Crippen molar-refractivity contribution in [2.24, 2.45) is 11.8 Å². The summed E-state index contributed by atoms with van der Waals surface area (Å²) in [6, 6.07) is 10.1. The van der Waals surface area contributed by atoms with Crippen molar-refractivity contribution in [2.75, 3.05) is 13.2 Å². The molecule has 70 heavy (non-hydrogen) atoms. The molecule has 0 spiro atoms. The highest BCUT2D eigenvalue weighted by Crippen LogP contribution is 2.54. The van der Waals surface area contributed by atoms with Gasteiger partial charge in [0.1, 0.15) is 11.5 Å².